The fraction of sp³-hybridized carbons (Fsp3) is 0. The maximum absolute atomic E-state index is 9.00. The largest absolute Gasteiger partial charge is 0.243 e. The zero-order valence-electron chi connectivity index (χ0n) is 8.92. The van der Waals surface area contributed by atoms with Crippen LogP contribution in [-0.2, 0) is 0 Å². The van der Waals surface area contributed by atoms with Gasteiger partial charge < -0.3 is 0 Å². The standard InChI is InChI=1S/C14H8N2S/c15-8-13-14(16-9-17-13)12-6-5-10-3-1-2-4-11(10)7-12/h1-7,9H. The molecule has 0 radical (unpaired) electrons. The number of nitriles is 1. The molecule has 0 aliphatic heterocycles. The minimum absolute atomic E-state index is 0.667. The summed E-state index contributed by atoms with van der Waals surface area (Å²) in [5.74, 6) is 0. The van der Waals surface area contributed by atoms with Crippen molar-refractivity contribution in [1.29, 1.82) is 5.26 Å². The lowest BCUT2D eigenvalue weighted by Crippen LogP contribution is -1.81. The lowest BCUT2D eigenvalue weighted by atomic mass is 10.0. The van der Waals surface area contributed by atoms with Crippen molar-refractivity contribution in [3.8, 4) is 17.3 Å². The fourth-order valence-corrected chi connectivity index (χ4v) is 2.47. The monoisotopic (exact) mass is 236 g/mol. The van der Waals surface area contributed by atoms with Gasteiger partial charge in [0.05, 0.1) is 11.2 Å². The summed E-state index contributed by atoms with van der Waals surface area (Å²) in [4.78, 5) is 4.93. The number of thiazole rings is 1. The van der Waals surface area contributed by atoms with E-state index in [1.165, 1.54) is 22.1 Å². The Morgan fingerprint density at radius 3 is 2.71 bits per heavy atom. The highest BCUT2D eigenvalue weighted by molar-refractivity contribution is 7.10. The topological polar surface area (TPSA) is 36.7 Å². The molecule has 1 aromatic heterocycles. The van der Waals surface area contributed by atoms with Crippen LogP contribution in [0, 0.1) is 11.3 Å². The first-order valence-corrected chi connectivity index (χ1v) is 6.09. The SMILES string of the molecule is N#Cc1scnc1-c1ccc2ccccc2c1. The van der Waals surface area contributed by atoms with Crippen molar-refractivity contribution < 1.29 is 0 Å². The molecule has 3 heteroatoms. The predicted octanol–water partition coefficient (Wildman–Crippen LogP) is 3.83. The van der Waals surface area contributed by atoms with Crippen LogP contribution in [0.1, 0.15) is 4.88 Å². The Balaban J connectivity index is 2.22. The van der Waals surface area contributed by atoms with Crippen molar-refractivity contribution in [1.82, 2.24) is 4.98 Å². The van der Waals surface area contributed by atoms with Gasteiger partial charge in [-0.25, -0.2) is 4.98 Å². The van der Waals surface area contributed by atoms with E-state index in [9.17, 15) is 0 Å². The molecule has 0 N–H and O–H groups in total. The molecule has 3 aromatic rings. The zero-order valence-corrected chi connectivity index (χ0v) is 9.74. The third kappa shape index (κ3) is 1.69. The van der Waals surface area contributed by atoms with Gasteiger partial charge in [-0.05, 0) is 16.8 Å². The van der Waals surface area contributed by atoms with Crippen molar-refractivity contribution in [3.05, 3.63) is 52.9 Å². The van der Waals surface area contributed by atoms with E-state index in [0.29, 0.717) is 4.88 Å². The van der Waals surface area contributed by atoms with Gasteiger partial charge in [-0.3, -0.25) is 0 Å². The quantitative estimate of drug-likeness (QED) is 0.643. The maximum atomic E-state index is 9.00. The Bertz CT molecular complexity index is 722. The molecular formula is C14H8N2S. The smallest absolute Gasteiger partial charge is 0.132 e. The van der Waals surface area contributed by atoms with E-state index in [1.54, 1.807) is 5.51 Å². The van der Waals surface area contributed by atoms with E-state index in [1.807, 2.05) is 18.2 Å². The molecule has 17 heavy (non-hydrogen) atoms. The molecule has 0 saturated carbocycles. The molecule has 0 spiro atoms. The molecule has 0 fully saturated rings. The second kappa shape index (κ2) is 4.00. The second-order valence-corrected chi connectivity index (χ2v) is 4.56. The van der Waals surface area contributed by atoms with E-state index in [0.717, 1.165) is 11.3 Å². The van der Waals surface area contributed by atoms with Crippen molar-refractivity contribution >= 4 is 22.1 Å². The molecule has 3 rings (SSSR count). The van der Waals surface area contributed by atoms with Crippen molar-refractivity contribution in [2.24, 2.45) is 0 Å². The third-order valence-corrected chi connectivity index (χ3v) is 3.42. The molecule has 0 aliphatic rings. The molecule has 1 heterocycles. The van der Waals surface area contributed by atoms with Crippen LogP contribution in [0.3, 0.4) is 0 Å². The van der Waals surface area contributed by atoms with E-state index < -0.39 is 0 Å². The molecule has 0 atom stereocenters. The summed E-state index contributed by atoms with van der Waals surface area (Å²) >= 11 is 1.38. The normalized spacial score (nSPS) is 10.3. The highest BCUT2D eigenvalue weighted by Crippen LogP contribution is 2.27. The van der Waals surface area contributed by atoms with E-state index in [2.05, 4.69) is 35.3 Å². The van der Waals surface area contributed by atoms with Crippen molar-refractivity contribution in [3.63, 3.8) is 0 Å². The molecule has 0 saturated heterocycles. The maximum Gasteiger partial charge on any atom is 0.132 e. The first kappa shape index (κ1) is 10.0. The van der Waals surface area contributed by atoms with Crippen LogP contribution >= 0.6 is 11.3 Å². The van der Waals surface area contributed by atoms with Crippen LogP contribution in [0.5, 0.6) is 0 Å². The summed E-state index contributed by atoms with van der Waals surface area (Å²) < 4.78 is 0. The van der Waals surface area contributed by atoms with Crippen LogP contribution < -0.4 is 0 Å². The van der Waals surface area contributed by atoms with Gasteiger partial charge in [0.25, 0.3) is 0 Å². The summed E-state index contributed by atoms with van der Waals surface area (Å²) in [6.07, 6.45) is 0. The van der Waals surface area contributed by atoms with Gasteiger partial charge >= 0.3 is 0 Å². The number of rotatable bonds is 1. The highest BCUT2D eigenvalue weighted by Gasteiger charge is 2.08. The number of hydrogen-bond donors (Lipinski definition) is 0. The lowest BCUT2D eigenvalue weighted by Gasteiger charge is -2.01. The first-order chi connectivity index (χ1) is 8.38. The summed E-state index contributed by atoms with van der Waals surface area (Å²) in [6.45, 7) is 0. The number of aromatic nitrogens is 1. The van der Waals surface area contributed by atoms with Gasteiger partial charge in [0.1, 0.15) is 10.9 Å². The predicted molar refractivity (Wildman–Crippen MR) is 69.8 cm³/mol. The van der Waals surface area contributed by atoms with Crippen LogP contribution in [0.25, 0.3) is 22.0 Å². The van der Waals surface area contributed by atoms with Gasteiger partial charge in [0.2, 0.25) is 0 Å². The molecule has 0 amide bonds. The van der Waals surface area contributed by atoms with E-state index >= 15 is 0 Å². The van der Waals surface area contributed by atoms with E-state index in [4.69, 9.17) is 5.26 Å². The molecule has 0 unspecified atom stereocenters. The average molecular weight is 236 g/mol. The Morgan fingerprint density at radius 1 is 1.06 bits per heavy atom. The van der Waals surface area contributed by atoms with Crippen molar-refractivity contribution in [2.75, 3.05) is 0 Å². The molecular weight excluding hydrogens is 228 g/mol. The zero-order chi connectivity index (χ0) is 11.7. The van der Waals surface area contributed by atoms with Gasteiger partial charge in [-0.15, -0.1) is 11.3 Å². The summed E-state index contributed by atoms with van der Waals surface area (Å²) in [5, 5.41) is 11.4. The Morgan fingerprint density at radius 2 is 1.88 bits per heavy atom. The Hall–Kier alpha value is -2.18. The number of nitrogens with zero attached hydrogens (tertiary/aromatic N) is 2. The summed E-state index contributed by atoms with van der Waals surface area (Å²) in [5.41, 5.74) is 3.49. The number of fused-ring (bicyclic) bond motifs is 1. The van der Waals surface area contributed by atoms with Gasteiger partial charge in [-0.1, -0.05) is 36.4 Å². The molecule has 2 aromatic carbocycles. The minimum atomic E-state index is 0.667. The van der Waals surface area contributed by atoms with Crippen molar-refractivity contribution in [2.45, 2.75) is 0 Å². The minimum Gasteiger partial charge on any atom is -0.243 e. The summed E-state index contributed by atoms with van der Waals surface area (Å²) in [6, 6.07) is 16.5. The molecule has 0 bridgehead atoms. The molecule has 80 valence electrons. The number of benzene rings is 2. The summed E-state index contributed by atoms with van der Waals surface area (Å²) in [7, 11) is 0. The Labute approximate surface area is 103 Å². The molecule has 0 aliphatic carbocycles. The third-order valence-electron chi connectivity index (χ3n) is 2.69. The first-order valence-electron chi connectivity index (χ1n) is 5.21. The second-order valence-electron chi connectivity index (χ2n) is 3.70. The van der Waals surface area contributed by atoms with E-state index in [-0.39, 0.29) is 0 Å². The average Bonchev–Trinajstić information content (AvgIpc) is 2.86. The van der Waals surface area contributed by atoms with Crippen LogP contribution in [-0.4, -0.2) is 4.98 Å². The molecule has 2 nitrogen and oxygen atoms in total. The fourth-order valence-electron chi connectivity index (χ4n) is 1.87. The van der Waals surface area contributed by atoms with Gasteiger partial charge in [0.15, 0.2) is 0 Å². The van der Waals surface area contributed by atoms with Crippen LogP contribution in [0.2, 0.25) is 0 Å². The Kier molecular flexibility index (Phi) is 2.36. The highest BCUT2D eigenvalue weighted by atomic mass is 32.1. The van der Waals surface area contributed by atoms with Crippen LogP contribution in [0.4, 0.5) is 0 Å². The number of hydrogen-bond acceptors (Lipinski definition) is 3. The van der Waals surface area contributed by atoms with Gasteiger partial charge in [0, 0.05) is 5.56 Å². The van der Waals surface area contributed by atoms with Crippen LogP contribution in [0.15, 0.2) is 48.0 Å². The van der Waals surface area contributed by atoms with Gasteiger partial charge in [-0.2, -0.15) is 5.26 Å². The lowest BCUT2D eigenvalue weighted by molar-refractivity contribution is 1.40.